The average Bonchev–Trinajstić information content (AvgIpc) is 1.82. The van der Waals surface area contributed by atoms with Crippen molar-refractivity contribution in [3.05, 3.63) is 0 Å². The van der Waals surface area contributed by atoms with Crippen molar-refractivity contribution in [2.24, 2.45) is 5.92 Å². The fourth-order valence-corrected chi connectivity index (χ4v) is 1.43. The molecule has 1 unspecified atom stereocenters. The third kappa shape index (κ3) is 6.95. The van der Waals surface area contributed by atoms with Crippen LogP contribution < -0.4 is 0 Å². The largest absolute Gasteiger partial charge is 0.389 e. The van der Waals surface area contributed by atoms with Crippen LogP contribution in [0.5, 0.6) is 0 Å². The third-order valence-electron chi connectivity index (χ3n) is 1.59. The Balaban J connectivity index is 3.66. The van der Waals surface area contributed by atoms with Crippen molar-refractivity contribution in [2.45, 2.75) is 26.4 Å². The van der Waals surface area contributed by atoms with Gasteiger partial charge in [-0.2, -0.15) is 12.6 Å². The molecule has 74 valence electrons. The fraction of sp³-hybridized carbons (Fsp3) is 1.00. The highest BCUT2D eigenvalue weighted by atomic mass is 32.1. The Kier molecular flexibility index (Phi) is 5.21. The first kappa shape index (κ1) is 12.3. The lowest BCUT2D eigenvalue weighted by Gasteiger charge is -2.27. The van der Waals surface area contributed by atoms with Crippen LogP contribution in [0.15, 0.2) is 0 Å². The molecular weight excluding hydrogens is 170 g/mol. The second-order valence-electron chi connectivity index (χ2n) is 4.30. The van der Waals surface area contributed by atoms with Crippen molar-refractivity contribution in [1.82, 2.24) is 4.90 Å². The van der Waals surface area contributed by atoms with Crippen LogP contribution in [0, 0.1) is 5.92 Å². The van der Waals surface area contributed by atoms with Gasteiger partial charge in [-0.15, -0.1) is 0 Å². The zero-order valence-electron chi connectivity index (χ0n) is 8.54. The van der Waals surface area contributed by atoms with E-state index in [0.717, 1.165) is 12.3 Å². The van der Waals surface area contributed by atoms with Gasteiger partial charge < -0.3 is 10.0 Å². The van der Waals surface area contributed by atoms with Crippen LogP contribution in [0.2, 0.25) is 0 Å². The van der Waals surface area contributed by atoms with E-state index in [-0.39, 0.29) is 0 Å². The van der Waals surface area contributed by atoms with Gasteiger partial charge in [0, 0.05) is 13.1 Å². The first-order valence-electron chi connectivity index (χ1n) is 4.37. The van der Waals surface area contributed by atoms with E-state index in [0.29, 0.717) is 12.5 Å². The van der Waals surface area contributed by atoms with Gasteiger partial charge in [0.2, 0.25) is 0 Å². The van der Waals surface area contributed by atoms with Crippen LogP contribution in [0.4, 0.5) is 0 Å². The molecule has 0 aliphatic rings. The molecule has 0 aromatic rings. The number of hydrogen-bond acceptors (Lipinski definition) is 3. The van der Waals surface area contributed by atoms with E-state index in [1.165, 1.54) is 0 Å². The van der Waals surface area contributed by atoms with Crippen molar-refractivity contribution in [1.29, 1.82) is 0 Å². The number of rotatable bonds is 5. The van der Waals surface area contributed by atoms with Gasteiger partial charge in [0.1, 0.15) is 0 Å². The Bertz CT molecular complexity index is 122. The molecule has 0 aromatic heterocycles. The van der Waals surface area contributed by atoms with Crippen molar-refractivity contribution in [3.63, 3.8) is 0 Å². The molecule has 0 aromatic carbocycles. The fourth-order valence-electron chi connectivity index (χ4n) is 1.31. The standard InChI is InChI=1S/C9H21NOS/c1-8(6-12)5-10(4)7-9(2,3)11/h8,11-12H,5-7H2,1-4H3. The van der Waals surface area contributed by atoms with Crippen LogP contribution in [-0.4, -0.2) is 41.5 Å². The molecule has 3 heteroatoms. The van der Waals surface area contributed by atoms with E-state index in [1.807, 2.05) is 20.9 Å². The second kappa shape index (κ2) is 5.10. The van der Waals surface area contributed by atoms with E-state index in [2.05, 4.69) is 24.5 Å². The van der Waals surface area contributed by atoms with Gasteiger partial charge in [0.15, 0.2) is 0 Å². The van der Waals surface area contributed by atoms with Gasteiger partial charge in [0.05, 0.1) is 5.60 Å². The van der Waals surface area contributed by atoms with Gasteiger partial charge in [-0.3, -0.25) is 0 Å². The van der Waals surface area contributed by atoms with Crippen molar-refractivity contribution in [3.8, 4) is 0 Å². The Morgan fingerprint density at radius 1 is 1.50 bits per heavy atom. The molecule has 0 bridgehead atoms. The molecule has 0 aliphatic heterocycles. The normalized spacial score (nSPS) is 15.2. The maximum atomic E-state index is 9.51. The summed E-state index contributed by atoms with van der Waals surface area (Å²) < 4.78 is 0. The molecule has 0 rings (SSSR count). The minimum atomic E-state index is -0.592. The van der Waals surface area contributed by atoms with Gasteiger partial charge >= 0.3 is 0 Å². The second-order valence-corrected chi connectivity index (χ2v) is 4.66. The number of aliphatic hydroxyl groups is 1. The summed E-state index contributed by atoms with van der Waals surface area (Å²) in [5.74, 6) is 1.48. The summed E-state index contributed by atoms with van der Waals surface area (Å²) >= 11 is 4.21. The molecule has 0 radical (unpaired) electrons. The maximum absolute atomic E-state index is 9.51. The van der Waals surface area contributed by atoms with E-state index in [9.17, 15) is 5.11 Å². The van der Waals surface area contributed by atoms with E-state index in [4.69, 9.17) is 0 Å². The highest BCUT2D eigenvalue weighted by Gasteiger charge is 2.16. The lowest BCUT2D eigenvalue weighted by Crippen LogP contribution is -2.38. The topological polar surface area (TPSA) is 23.5 Å². The summed E-state index contributed by atoms with van der Waals surface area (Å²) in [7, 11) is 2.03. The highest BCUT2D eigenvalue weighted by molar-refractivity contribution is 7.80. The number of nitrogens with zero attached hydrogens (tertiary/aromatic N) is 1. The average molecular weight is 191 g/mol. The number of hydrogen-bond donors (Lipinski definition) is 2. The third-order valence-corrected chi connectivity index (χ3v) is 2.22. The SMILES string of the molecule is CC(CS)CN(C)CC(C)(C)O. The first-order chi connectivity index (χ1) is 5.35. The van der Waals surface area contributed by atoms with Crippen LogP contribution >= 0.6 is 12.6 Å². The molecule has 1 atom stereocenters. The predicted molar refractivity (Wildman–Crippen MR) is 56.8 cm³/mol. The summed E-state index contributed by atoms with van der Waals surface area (Å²) in [4.78, 5) is 2.14. The van der Waals surface area contributed by atoms with Crippen LogP contribution in [0.3, 0.4) is 0 Å². The van der Waals surface area contributed by atoms with Crippen LogP contribution in [0.25, 0.3) is 0 Å². The Labute approximate surface area is 81.4 Å². The Hall–Kier alpha value is 0.270. The zero-order chi connectivity index (χ0) is 9.78. The smallest absolute Gasteiger partial charge is 0.0718 e. The lowest BCUT2D eigenvalue weighted by atomic mass is 10.1. The van der Waals surface area contributed by atoms with Crippen molar-refractivity contribution in [2.75, 3.05) is 25.9 Å². The maximum Gasteiger partial charge on any atom is 0.0718 e. The molecule has 1 N–H and O–H groups in total. The monoisotopic (exact) mass is 191 g/mol. The molecular formula is C9H21NOS. The summed E-state index contributed by atoms with van der Waals surface area (Å²) in [6.45, 7) is 7.52. The quantitative estimate of drug-likeness (QED) is 0.639. The highest BCUT2D eigenvalue weighted by Crippen LogP contribution is 2.06. The van der Waals surface area contributed by atoms with Gasteiger partial charge in [0.25, 0.3) is 0 Å². The molecule has 12 heavy (non-hydrogen) atoms. The summed E-state index contributed by atoms with van der Waals surface area (Å²) in [5.41, 5.74) is -0.592. The molecule has 0 spiro atoms. The van der Waals surface area contributed by atoms with Crippen molar-refractivity contribution >= 4 is 12.6 Å². The van der Waals surface area contributed by atoms with Crippen LogP contribution in [-0.2, 0) is 0 Å². The predicted octanol–water partition coefficient (Wildman–Crippen LogP) is 1.25. The van der Waals surface area contributed by atoms with Gasteiger partial charge in [-0.25, -0.2) is 0 Å². The van der Waals surface area contributed by atoms with Crippen molar-refractivity contribution < 1.29 is 5.11 Å². The molecule has 0 heterocycles. The van der Waals surface area contributed by atoms with Gasteiger partial charge in [-0.1, -0.05) is 6.92 Å². The molecule has 0 amide bonds. The molecule has 0 fully saturated rings. The minimum Gasteiger partial charge on any atom is -0.389 e. The van der Waals surface area contributed by atoms with Gasteiger partial charge in [-0.05, 0) is 32.6 Å². The number of likely N-dealkylation sites (N-methyl/N-ethyl adjacent to an activating group) is 1. The molecule has 0 saturated heterocycles. The Morgan fingerprint density at radius 3 is 2.33 bits per heavy atom. The molecule has 0 saturated carbocycles. The molecule has 2 nitrogen and oxygen atoms in total. The van der Waals surface area contributed by atoms with E-state index >= 15 is 0 Å². The zero-order valence-corrected chi connectivity index (χ0v) is 9.43. The molecule has 0 aliphatic carbocycles. The van der Waals surface area contributed by atoms with E-state index < -0.39 is 5.60 Å². The summed E-state index contributed by atoms with van der Waals surface area (Å²) in [6.07, 6.45) is 0. The number of thiol groups is 1. The first-order valence-corrected chi connectivity index (χ1v) is 5.00. The van der Waals surface area contributed by atoms with E-state index in [1.54, 1.807) is 0 Å². The van der Waals surface area contributed by atoms with Crippen LogP contribution in [0.1, 0.15) is 20.8 Å². The minimum absolute atomic E-state index is 0.584. The Morgan fingerprint density at radius 2 is 2.00 bits per heavy atom. The summed E-state index contributed by atoms with van der Waals surface area (Å²) in [6, 6.07) is 0. The summed E-state index contributed by atoms with van der Waals surface area (Å²) in [5, 5.41) is 9.51. The lowest BCUT2D eigenvalue weighted by molar-refractivity contribution is 0.0418.